The molecule has 7 rings (SSSR count). The second kappa shape index (κ2) is 15.0. The van der Waals surface area contributed by atoms with Gasteiger partial charge in [-0.15, -0.1) is 0 Å². The number of pyridine rings is 1. The number of nitrogens with zero attached hydrogens (tertiary/aromatic N) is 6. The van der Waals surface area contributed by atoms with Gasteiger partial charge in [0.05, 0.1) is 11.6 Å². The monoisotopic (exact) mass is 716 g/mol. The molecule has 3 aliphatic rings. The number of halogens is 2. The van der Waals surface area contributed by atoms with E-state index in [4.69, 9.17) is 37.4 Å². The molecule has 0 amide bonds. The van der Waals surface area contributed by atoms with Crippen molar-refractivity contribution in [1.82, 2.24) is 9.99 Å². The Bertz CT molecular complexity index is 1760. The van der Waals surface area contributed by atoms with Crippen molar-refractivity contribution in [3.05, 3.63) is 112 Å². The number of hydrazone groups is 1. The van der Waals surface area contributed by atoms with E-state index in [9.17, 15) is 5.11 Å². The van der Waals surface area contributed by atoms with Crippen LogP contribution in [-0.4, -0.2) is 79.3 Å². The number of anilines is 3. The Labute approximate surface area is 303 Å². The molecule has 4 atom stereocenters. The molecule has 1 N–H and O–H groups in total. The number of benzene rings is 3. The van der Waals surface area contributed by atoms with Crippen molar-refractivity contribution in [2.24, 2.45) is 5.10 Å². The van der Waals surface area contributed by atoms with Gasteiger partial charge in [0.15, 0.2) is 0 Å². The van der Waals surface area contributed by atoms with Gasteiger partial charge in [-0.1, -0.05) is 36.2 Å². The van der Waals surface area contributed by atoms with Gasteiger partial charge in [-0.3, -0.25) is 9.88 Å². The Hall–Kier alpha value is -4.06. The molecule has 10 nitrogen and oxygen atoms in total. The van der Waals surface area contributed by atoms with E-state index in [1.807, 2.05) is 42.5 Å². The van der Waals surface area contributed by atoms with Gasteiger partial charge in [0.1, 0.15) is 24.8 Å². The smallest absolute Gasteiger partial charge is 0.228 e. The minimum atomic E-state index is -1.06. The standard InChI is InChI=1S/C38H42Cl2N6O4/c1-3-27(2)46-37(47)45(26-42-46)32-7-5-30(6-8-32)43-18-20-44(21-19-43)31-9-11-33(12-10-31)48-24-34-25-49-38(50-34,23-28-14-16-41-17-15-28)35-13-4-29(39)22-36(35)40/h4-17,22,26-27,34,37,47H,3,18-21,23-25H2,1-2H3. The zero-order valence-corrected chi connectivity index (χ0v) is 29.7. The van der Waals surface area contributed by atoms with Crippen LogP contribution in [0.2, 0.25) is 10.0 Å². The van der Waals surface area contributed by atoms with Crippen molar-refractivity contribution in [3.63, 3.8) is 0 Å². The molecule has 50 heavy (non-hydrogen) atoms. The fourth-order valence-electron chi connectivity index (χ4n) is 6.64. The van der Waals surface area contributed by atoms with Gasteiger partial charge in [0, 0.05) is 78.7 Å². The largest absolute Gasteiger partial charge is 0.491 e. The van der Waals surface area contributed by atoms with Crippen molar-refractivity contribution in [1.29, 1.82) is 0 Å². The highest BCUT2D eigenvalue weighted by Crippen LogP contribution is 2.42. The Morgan fingerprint density at radius 1 is 0.900 bits per heavy atom. The van der Waals surface area contributed by atoms with E-state index in [1.165, 1.54) is 5.69 Å². The number of aromatic nitrogens is 1. The maximum atomic E-state index is 10.8. The van der Waals surface area contributed by atoms with E-state index in [1.54, 1.807) is 40.8 Å². The third-order valence-corrected chi connectivity index (χ3v) is 10.2. The van der Waals surface area contributed by atoms with E-state index in [2.05, 4.69) is 58.0 Å². The van der Waals surface area contributed by atoms with Gasteiger partial charge in [0.25, 0.3) is 0 Å². The van der Waals surface area contributed by atoms with Crippen LogP contribution in [0.4, 0.5) is 17.1 Å². The summed E-state index contributed by atoms with van der Waals surface area (Å²) in [5.41, 5.74) is 5.00. The Morgan fingerprint density at radius 3 is 2.18 bits per heavy atom. The molecule has 0 aliphatic carbocycles. The topological polar surface area (TPSA) is 86.1 Å². The molecule has 4 aromatic rings. The third kappa shape index (κ3) is 7.36. The lowest BCUT2D eigenvalue weighted by Crippen LogP contribution is -2.46. The van der Waals surface area contributed by atoms with Gasteiger partial charge in [-0.05, 0) is 91.7 Å². The maximum Gasteiger partial charge on any atom is 0.228 e. The van der Waals surface area contributed by atoms with Gasteiger partial charge in [0.2, 0.25) is 12.1 Å². The molecule has 0 bridgehead atoms. The Morgan fingerprint density at radius 2 is 1.54 bits per heavy atom. The number of ether oxygens (including phenoxy) is 3. The number of hydrogen-bond acceptors (Lipinski definition) is 10. The van der Waals surface area contributed by atoms with Crippen molar-refractivity contribution < 1.29 is 19.3 Å². The molecule has 0 radical (unpaired) electrons. The van der Waals surface area contributed by atoms with Crippen molar-refractivity contribution in [2.45, 2.75) is 51.0 Å². The Balaban J connectivity index is 0.915. The lowest BCUT2D eigenvalue weighted by molar-refractivity contribution is -0.178. The summed E-state index contributed by atoms with van der Waals surface area (Å²) in [4.78, 5) is 10.7. The zero-order valence-electron chi connectivity index (χ0n) is 28.2. The minimum Gasteiger partial charge on any atom is -0.491 e. The van der Waals surface area contributed by atoms with Crippen molar-refractivity contribution in [3.8, 4) is 5.75 Å². The van der Waals surface area contributed by atoms with E-state index in [-0.39, 0.29) is 12.1 Å². The molecule has 4 unspecified atom stereocenters. The average Bonchev–Trinajstić information content (AvgIpc) is 3.74. The summed E-state index contributed by atoms with van der Waals surface area (Å²) in [6.45, 7) is 8.48. The predicted octanol–water partition coefficient (Wildman–Crippen LogP) is 6.74. The van der Waals surface area contributed by atoms with Crippen LogP contribution in [0.25, 0.3) is 0 Å². The predicted molar refractivity (Wildman–Crippen MR) is 198 cm³/mol. The Kier molecular flexibility index (Phi) is 10.3. The molecule has 4 heterocycles. The van der Waals surface area contributed by atoms with Gasteiger partial charge in [-0.25, -0.2) is 5.01 Å². The molecule has 262 valence electrons. The number of aliphatic hydroxyl groups is 1. The van der Waals surface area contributed by atoms with E-state index < -0.39 is 12.1 Å². The zero-order chi connectivity index (χ0) is 34.7. The lowest BCUT2D eigenvalue weighted by atomic mass is 9.98. The summed E-state index contributed by atoms with van der Waals surface area (Å²) in [5.74, 6) is -0.293. The fourth-order valence-corrected chi connectivity index (χ4v) is 7.19. The summed E-state index contributed by atoms with van der Waals surface area (Å²) < 4.78 is 19.1. The highest BCUT2D eigenvalue weighted by atomic mass is 35.5. The normalized spacial score (nSPS) is 22.7. The molecule has 0 spiro atoms. The van der Waals surface area contributed by atoms with Crippen LogP contribution >= 0.6 is 23.2 Å². The first-order valence-electron chi connectivity index (χ1n) is 17.1. The quantitative estimate of drug-likeness (QED) is 0.181. The van der Waals surface area contributed by atoms with Gasteiger partial charge < -0.3 is 29.1 Å². The van der Waals surface area contributed by atoms with E-state index in [0.29, 0.717) is 29.7 Å². The van der Waals surface area contributed by atoms with Gasteiger partial charge >= 0.3 is 0 Å². The summed E-state index contributed by atoms with van der Waals surface area (Å²) in [5, 5.41) is 17.9. The lowest BCUT2D eigenvalue weighted by Gasteiger charge is -2.37. The summed E-state index contributed by atoms with van der Waals surface area (Å²) in [7, 11) is 0. The van der Waals surface area contributed by atoms with Crippen LogP contribution in [0, 0.1) is 0 Å². The molecule has 3 aliphatic heterocycles. The third-order valence-electron chi connectivity index (χ3n) is 9.65. The highest BCUT2D eigenvalue weighted by molar-refractivity contribution is 6.35. The SMILES string of the molecule is CCC(C)N1N=CN(c2ccc(N3CCN(c4ccc(OCC5COC(Cc6ccncc6)(c6ccc(Cl)cc6Cl)O5)cc4)CC3)cc2)C1O. The highest BCUT2D eigenvalue weighted by Gasteiger charge is 2.45. The molecule has 2 saturated heterocycles. The molecular weight excluding hydrogens is 675 g/mol. The van der Waals surface area contributed by atoms with Gasteiger partial charge in [-0.2, -0.15) is 5.10 Å². The molecule has 12 heteroatoms. The van der Waals surface area contributed by atoms with Crippen LogP contribution in [0.1, 0.15) is 31.4 Å². The maximum absolute atomic E-state index is 10.8. The minimum absolute atomic E-state index is 0.166. The molecule has 3 aromatic carbocycles. The van der Waals surface area contributed by atoms with Crippen LogP contribution in [0.15, 0.2) is 96.4 Å². The van der Waals surface area contributed by atoms with Crippen LogP contribution in [0.5, 0.6) is 5.75 Å². The fraction of sp³-hybridized carbons (Fsp3) is 0.368. The van der Waals surface area contributed by atoms with E-state index in [0.717, 1.165) is 60.9 Å². The summed E-state index contributed by atoms with van der Waals surface area (Å²) in [6, 6.07) is 26.0. The first kappa shape index (κ1) is 34.4. The second-order valence-corrected chi connectivity index (χ2v) is 13.7. The van der Waals surface area contributed by atoms with Crippen LogP contribution in [-0.2, 0) is 21.7 Å². The van der Waals surface area contributed by atoms with E-state index >= 15 is 0 Å². The average molecular weight is 718 g/mol. The molecule has 2 fully saturated rings. The first-order chi connectivity index (χ1) is 24.3. The first-order valence-corrected chi connectivity index (χ1v) is 17.9. The van der Waals surface area contributed by atoms with Crippen molar-refractivity contribution >= 4 is 46.6 Å². The summed E-state index contributed by atoms with van der Waals surface area (Å²) in [6.07, 6.45) is 5.51. The number of aliphatic hydroxyl groups excluding tert-OH is 1. The van der Waals surface area contributed by atoms with Crippen LogP contribution < -0.4 is 19.4 Å². The molecular formula is C38H42Cl2N6O4. The molecule has 1 aromatic heterocycles. The molecule has 0 saturated carbocycles. The number of piperazine rings is 1. The van der Waals surface area contributed by atoms with Crippen molar-refractivity contribution in [2.75, 3.05) is 54.1 Å². The second-order valence-electron chi connectivity index (χ2n) is 12.9. The number of hydrogen-bond donors (Lipinski definition) is 1. The summed E-state index contributed by atoms with van der Waals surface area (Å²) >= 11 is 12.8. The number of rotatable bonds is 11. The van der Waals surface area contributed by atoms with Crippen LogP contribution in [0.3, 0.4) is 0 Å².